The molecule has 0 saturated heterocycles. The fraction of sp³-hybridized carbons (Fsp3) is 0.357. The van der Waals surface area contributed by atoms with Crippen molar-refractivity contribution >= 4 is 32.4 Å². The van der Waals surface area contributed by atoms with E-state index in [1.54, 1.807) is 16.9 Å². The normalized spacial score (nSPS) is 15.0. The minimum Gasteiger partial charge on any atom is -0.399 e. The van der Waals surface area contributed by atoms with Crippen molar-refractivity contribution in [2.45, 2.75) is 25.7 Å². The maximum absolute atomic E-state index is 5.77. The summed E-state index contributed by atoms with van der Waals surface area (Å²) in [4.78, 5) is 4.55. The fourth-order valence-electron chi connectivity index (χ4n) is 2.31. The molecule has 94 valence electrons. The van der Waals surface area contributed by atoms with Gasteiger partial charge in [-0.05, 0) is 43.9 Å². The summed E-state index contributed by atoms with van der Waals surface area (Å²) in [5.74, 6) is 0. The monoisotopic (exact) mass is 259 g/mol. The van der Waals surface area contributed by atoms with Crippen molar-refractivity contribution in [3.05, 3.63) is 29.8 Å². The second-order valence-corrected chi connectivity index (χ2v) is 5.71. The van der Waals surface area contributed by atoms with Crippen LogP contribution >= 0.6 is 11.3 Å². The highest BCUT2D eigenvalue weighted by molar-refractivity contribution is 7.22. The molecule has 0 aliphatic heterocycles. The van der Waals surface area contributed by atoms with E-state index in [2.05, 4.69) is 16.4 Å². The lowest BCUT2D eigenvalue weighted by Gasteiger charge is -2.02. The van der Waals surface area contributed by atoms with Crippen LogP contribution in [0.4, 0.5) is 10.8 Å². The van der Waals surface area contributed by atoms with Gasteiger partial charge in [-0.3, -0.25) is 0 Å². The molecular weight excluding hydrogens is 242 g/mol. The highest BCUT2D eigenvalue weighted by Crippen LogP contribution is 2.28. The second-order valence-electron chi connectivity index (χ2n) is 4.68. The molecule has 0 atom stereocenters. The first-order valence-corrected chi connectivity index (χ1v) is 7.21. The Morgan fingerprint density at radius 2 is 2.33 bits per heavy atom. The molecule has 0 bridgehead atoms. The van der Waals surface area contributed by atoms with Gasteiger partial charge in [0, 0.05) is 12.2 Å². The van der Waals surface area contributed by atoms with Gasteiger partial charge >= 0.3 is 0 Å². The van der Waals surface area contributed by atoms with Crippen molar-refractivity contribution in [3.63, 3.8) is 0 Å². The molecule has 1 aromatic carbocycles. The van der Waals surface area contributed by atoms with Gasteiger partial charge < -0.3 is 11.1 Å². The standard InChI is InChI=1S/C14H17N3S/c15-11-5-6-12-13(9-11)18-14(17-12)16-8-7-10-3-1-2-4-10/h3,5-6,9H,1-2,4,7-8,15H2,(H,16,17). The number of nitrogens with zero attached hydrogens (tertiary/aromatic N) is 1. The number of hydrogen-bond acceptors (Lipinski definition) is 4. The largest absolute Gasteiger partial charge is 0.399 e. The van der Waals surface area contributed by atoms with Crippen molar-refractivity contribution in [1.29, 1.82) is 0 Å². The third-order valence-corrected chi connectivity index (χ3v) is 4.25. The predicted molar refractivity (Wildman–Crippen MR) is 79.1 cm³/mol. The Labute approximate surface area is 111 Å². The van der Waals surface area contributed by atoms with Crippen molar-refractivity contribution < 1.29 is 0 Å². The number of benzene rings is 1. The van der Waals surface area contributed by atoms with E-state index in [9.17, 15) is 0 Å². The lowest BCUT2D eigenvalue weighted by Crippen LogP contribution is -2.01. The summed E-state index contributed by atoms with van der Waals surface area (Å²) in [7, 11) is 0. The fourth-order valence-corrected chi connectivity index (χ4v) is 3.25. The summed E-state index contributed by atoms with van der Waals surface area (Å²) in [6, 6.07) is 5.86. The van der Waals surface area contributed by atoms with Crippen LogP contribution in [0.1, 0.15) is 25.7 Å². The Morgan fingerprint density at radius 3 is 3.17 bits per heavy atom. The number of nitrogens with two attached hydrogens (primary N) is 1. The first kappa shape index (κ1) is 11.5. The zero-order valence-corrected chi connectivity index (χ0v) is 11.1. The van der Waals surface area contributed by atoms with Gasteiger partial charge in [0.15, 0.2) is 5.13 Å². The maximum atomic E-state index is 5.77. The number of anilines is 2. The first-order chi connectivity index (χ1) is 8.81. The van der Waals surface area contributed by atoms with Crippen LogP contribution in [0.5, 0.6) is 0 Å². The van der Waals surface area contributed by atoms with E-state index in [1.165, 1.54) is 19.3 Å². The number of aromatic nitrogens is 1. The third-order valence-electron chi connectivity index (χ3n) is 3.27. The minimum atomic E-state index is 0.800. The molecule has 2 aromatic rings. The molecule has 0 amide bonds. The number of nitrogens with one attached hydrogen (secondary N) is 1. The number of nitrogen functional groups attached to an aromatic ring is 1. The highest BCUT2D eigenvalue weighted by atomic mass is 32.1. The van der Waals surface area contributed by atoms with Gasteiger partial charge in [0.2, 0.25) is 0 Å². The lowest BCUT2D eigenvalue weighted by atomic mass is 10.2. The third kappa shape index (κ3) is 2.48. The van der Waals surface area contributed by atoms with Crippen LogP contribution in [0.25, 0.3) is 10.2 Å². The van der Waals surface area contributed by atoms with Crippen LogP contribution in [-0.2, 0) is 0 Å². The molecule has 0 saturated carbocycles. The molecule has 3 nitrogen and oxygen atoms in total. The van der Waals surface area contributed by atoms with E-state index in [0.29, 0.717) is 0 Å². The molecule has 1 aliphatic rings. The van der Waals surface area contributed by atoms with Crippen molar-refractivity contribution in [3.8, 4) is 0 Å². The molecule has 4 heteroatoms. The van der Waals surface area contributed by atoms with E-state index in [1.807, 2.05) is 18.2 Å². The van der Waals surface area contributed by atoms with E-state index in [-0.39, 0.29) is 0 Å². The molecule has 1 aliphatic carbocycles. The first-order valence-electron chi connectivity index (χ1n) is 6.39. The number of fused-ring (bicyclic) bond motifs is 1. The van der Waals surface area contributed by atoms with Crippen LogP contribution in [0.3, 0.4) is 0 Å². The van der Waals surface area contributed by atoms with Gasteiger partial charge in [-0.15, -0.1) is 0 Å². The predicted octanol–water partition coefficient (Wildman–Crippen LogP) is 3.79. The van der Waals surface area contributed by atoms with Crippen LogP contribution in [0, 0.1) is 0 Å². The van der Waals surface area contributed by atoms with E-state index >= 15 is 0 Å². The Bertz CT molecular complexity index is 586. The van der Waals surface area contributed by atoms with Gasteiger partial charge in [-0.1, -0.05) is 23.0 Å². The SMILES string of the molecule is Nc1ccc2nc(NCCC3=CCCC3)sc2c1. The summed E-state index contributed by atoms with van der Waals surface area (Å²) < 4.78 is 1.15. The summed E-state index contributed by atoms with van der Waals surface area (Å²) in [6.07, 6.45) is 7.38. The minimum absolute atomic E-state index is 0.800. The number of allylic oxidation sites excluding steroid dienone is 1. The topological polar surface area (TPSA) is 50.9 Å². The zero-order valence-electron chi connectivity index (χ0n) is 10.3. The molecule has 0 radical (unpaired) electrons. The quantitative estimate of drug-likeness (QED) is 0.648. The Kier molecular flexibility index (Phi) is 3.19. The van der Waals surface area contributed by atoms with Crippen molar-refractivity contribution in [2.75, 3.05) is 17.6 Å². The molecule has 18 heavy (non-hydrogen) atoms. The maximum Gasteiger partial charge on any atom is 0.183 e. The van der Waals surface area contributed by atoms with Gasteiger partial charge in [0.1, 0.15) is 0 Å². The molecule has 1 aromatic heterocycles. The number of hydrogen-bond donors (Lipinski definition) is 2. The van der Waals surface area contributed by atoms with Crippen LogP contribution in [0.15, 0.2) is 29.8 Å². The van der Waals surface area contributed by atoms with Crippen molar-refractivity contribution in [2.24, 2.45) is 0 Å². The average Bonchev–Trinajstić information content (AvgIpc) is 2.97. The lowest BCUT2D eigenvalue weighted by molar-refractivity contribution is 0.863. The average molecular weight is 259 g/mol. The van der Waals surface area contributed by atoms with Crippen LogP contribution in [0.2, 0.25) is 0 Å². The Morgan fingerprint density at radius 1 is 1.39 bits per heavy atom. The number of thiazole rings is 1. The molecule has 3 rings (SSSR count). The van der Waals surface area contributed by atoms with Gasteiger partial charge in [0.25, 0.3) is 0 Å². The highest BCUT2D eigenvalue weighted by Gasteiger charge is 2.06. The van der Waals surface area contributed by atoms with Crippen LogP contribution in [-0.4, -0.2) is 11.5 Å². The molecular formula is C14H17N3S. The summed E-state index contributed by atoms with van der Waals surface area (Å²) >= 11 is 1.67. The summed E-state index contributed by atoms with van der Waals surface area (Å²) in [5, 5.41) is 4.40. The molecule has 1 heterocycles. The van der Waals surface area contributed by atoms with Gasteiger partial charge in [-0.2, -0.15) is 0 Å². The van der Waals surface area contributed by atoms with E-state index in [0.717, 1.165) is 34.0 Å². The zero-order chi connectivity index (χ0) is 12.4. The molecule has 0 unspecified atom stereocenters. The summed E-state index contributed by atoms with van der Waals surface area (Å²) in [5.41, 5.74) is 9.18. The van der Waals surface area contributed by atoms with Crippen molar-refractivity contribution in [1.82, 2.24) is 4.98 Å². The Balaban J connectivity index is 1.63. The molecule has 0 spiro atoms. The van der Waals surface area contributed by atoms with Gasteiger partial charge in [0.05, 0.1) is 10.2 Å². The van der Waals surface area contributed by atoms with E-state index in [4.69, 9.17) is 5.73 Å². The van der Waals surface area contributed by atoms with E-state index < -0.39 is 0 Å². The Hall–Kier alpha value is -1.55. The van der Waals surface area contributed by atoms with Gasteiger partial charge in [-0.25, -0.2) is 4.98 Å². The smallest absolute Gasteiger partial charge is 0.183 e. The summed E-state index contributed by atoms with van der Waals surface area (Å²) in [6.45, 7) is 0.973. The second kappa shape index (κ2) is 4.98. The van der Waals surface area contributed by atoms with Crippen LogP contribution < -0.4 is 11.1 Å². The number of rotatable bonds is 4. The molecule has 0 fully saturated rings. The molecule has 3 N–H and O–H groups in total.